The molecule has 2 aliphatic heterocycles. The molecule has 22 heavy (non-hydrogen) atoms. The Morgan fingerprint density at radius 1 is 1.14 bits per heavy atom. The van der Waals surface area contributed by atoms with E-state index in [1.807, 2.05) is 0 Å². The van der Waals surface area contributed by atoms with Gasteiger partial charge in [0.25, 0.3) is 0 Å². The largest absolute Gasteiger partial charge is 0.306 e. The van der Waals surface area contributed by atoms with Gasteiger partial charge in [-0.15, -0.1) is 0 Å². The van der Waals surface area contributed by atoms with Gasteiger partial charge in [0.05, 0.1) is 5.75 Å². The molecule has 0 saturated carbocycles. The molecule has 0 aliphatic carbocycles. The molecule has 1 unspecified atom stereocenters. The Balaban J connectivity index is 1.73. The van der Waals surface area contributed by atoms with Crippen molar-refractivity contribution in [3.05, 3.63) is 0 Å². The third-order valence-corrected chi connectivity index (χ3v) is 6.45. The van der Waals surface area contributed by atoms with Crippen LogP contribution in [-0.2, 0) is 10.0 Å². The van der Waals surface area contributed by atoms with Crippen LogP contribution in [0.2, 0.25) is 0 Å². The zero-order chi connectivity index (χ0) is 16.2. The Morgan fingerprint density at radius 2 is 1.82 bits per heavy atom. The summed E-state index contributed by atoms with van der Waals surface area (Å²) in [6.45, 7) is 10.9. The average Bonchev–Trinajstić information content (AvgIpc) is 2.48. The minimum atomic E-state index is -3.06. The second-order valence-electron chi connectivity index (χ2n) is 6.72. The maximum atomic E-state index is 11.4. The van der Waals surface area contributed by atoms with Gasteiger partial charge in [0.15, 0.2) is 0 Å². The number of likely N-dealkylation sites (tertiary alicyclic amines) is 1. The molecule has 1 N–H and O–H groups in total. The molecule has 2 heterocycles. The Hall–Kier alpha value is -0.210. The molecule has 2 saturated heterocycles. The van der Waals surface area contributed by atoms with Crippen molar-refractivity contribution in [3.63, 3.8) is 0 Å². The van der Waals surface area contributed by atoms with E-state index >= 15 is 0 Å². The number of nitrogens with zero attached hydrogens (tertiary/aromatic N) is 3. The number of piperidine rings is 1. The number of rotatable bonds is 6. The topological polar surface area (TPSA) is 55.9 Å². The molecule has 2 aliphatic rings. The van der Waals surface area contributed by atoms with Crippen molar-refractivity contribution in [2.24, 2.45) is 0 Å². The summed E-state index contributed by atoms with van der Waals surface area (Å²) in [5.41, 5.74) is 0. The fraction of sp³-hybridized carbons (Fsp3) is 1.00. The van der Waals surface area contributed by atoms with Gasteiger partial charge in [-0.3, -0.25) is 9.80 Å². The summed E-state index contributed by atoms with van der Waals surface area (Å²) in [5.74, 6) is 0.160. The number of hydrogen-bond acceptors (Lipinski definition) is 5. The lowest BCUT2D eigenvalue weighted by atomic mass is 10.0. The van der Waals surface area contributed by atoms with Crippen molar-refractivity contribution in [2.45, 2.75) is 38.8 Å². The Labute approximate surface area is 135 Å². The normalized spacial score (nSPS) is 27.3. The van der Waals surface area contributed by atoms with Gasteiger partial charge in [0.1, 0.15) is 0 Å². The molecule has 2 rings (SSSR count). The van der Waals surface area contributed by atoms with E-state index in [4.69, 9.17) is 0 Å². The monoisotopic (exact) mass is 332 g/mol. The molecule has 0 spiro atoms. The van der Waals surface area contributed by atoms with Crippen molar-refractivity contribution in [3.8, 4) is 0 Å². The van der Waals surface area contributed by atoms with Crippen LogP contribution < -0.4 is 4.72 Å². The van der Waals surface area contributed by atoms with Crippen molar-refractivity contribution >= 4 is 10.0 Å². The molecule has 0 amide bonds. The first-order valence-corrected chi connectivity index (χ1v) is 10.2. The van der Waals surface area contributed by atoms with Gasteiger partial charge in [-0.05, 0) is 46.8 Å². The van der Waals surface area contributed by atoms with E-state index in [-0.39, 0.29) is 5.75 Å². The van der Waals surface area contributed by atoms with Gasteiger partial charge in [-0.2, -0.15) is 0 Å². The third-order valence-electron chi connectivity index (χ3n) is 5.05. The smallest absolute Gasteiger partial charge is 0.211 e. The first kappa shape index (κ1) is 18.1. The highest BCUT2D eigenvalue weighted by atomic mass is 32.2. The zero-order valence-electron chi connectivity index (χ0n) is 14.3. The van der Waals surface area contributed by atoms with Crippen LogP contribution in [0.25, 0.3) is 0 Å². The summed E-state index contributed by atoms with van der Waals surface area (Å²) in [6, 6.07) is 1.29. The average molecular weight is 333 g/mol. The molecule has 0 aromatic heterocycles. The van der Waals surface area contributed by atoms with Gasteiger partial charge >= 0.3 is 0 Å². The summed E-state index contributed by atoms with van der Waals surface area (Å²) in [7, 11) is -0.855. The van der Waals surface area contributed by atoms with Crippen LogP contribution in [0.4, 0.5) is 0 Å². The van der Waals surface area contributed by atoms with E-state index < -0.39 is 10.0 Å². The highest BCUT2D eigenvalue weighted by Crippen LogP contribution is 2.20. The third kappa shape index (κ3) is 5.16. The predicted molar refractivity (Wildman–Crippen MR) is 90.6 cm³/mol. The SMILES string of the molecule is CCS(=O)(=O)NCCN1CCN(C2CCN(C)CC2)C(C)C1. The van der Waals surface area contributed by atoms with Gasteiger partial charge in [0, 0.05) is 44.8 Å². The van der Waals surface area contributed by atoms with Crippen molar-refractivity contribution in [1.82, 2.24) is 19.4 Å². The minimum Gasteiger partial charge on any atom is -0.306 e. The molecule has 7 heteroatoms. The summed E-state index contributed by atoms with van der Waals surface area (Å²) < 4.78 is 25.6. The second-order valence-corrected chi connectivity index (χ2v) is 8.82. The summed E-state index contributed by atoms with van der Waals surface area (Å²) >= 11 is 0. The molecule has 2 fully saturated rings. The molecule has 130 valence electrons. The quantitative estimate of drug-likeness (QED) is 0.743. The molecular weight excluding hydrogens is 300 g/mol. The number of sulfonamides is 1. The van der Waals surface area contributed by atoms with Gasteiger partial charge in [0.2, 0.25) is 10.0 Å². The van der Waals surface area contributed by atoms with Gasteiger partial charge in [-0.25, -0.2) is 13.1 Å². The van der Waals surface area contributed by atoms with Crippen LogP contribution in [0.1, 0.15) is 26.7 Å². The predicted octanol–water partition coefficient (Wildman–Crippen LogP) is 0.0260. The zero-order valence-corrected chi connectivity index (χ0v) is 15.1. The fourth-order valence-electron chi connectivity index (χ4n) is 3.58. The molecule has 0 aromatic carbocycles. The standard InChI is InChI=1S/C15H32N4O2S/c1-4-22(20,21)16-7-10-18-11-12-19(14(2)13-18)15-5-8-17(3)9-6-15/h14-16H,4-13H2,1-3H3. The van der Waals surface area contributed by atoms with E-state index in [0.29, 0.717) is 12.6 Å². The van der Waals surface area contributed by atoms with E-state index in [0.717, 1.165) is 32.2 Å². The van der Waals surface area contributed by atoms with E-state index in [1.165, 1.54) is 25.9 Å². The summed E-state index contributed by atoms with van der Waals surface area (Å²) in [5, 5.41) is 0. The summed E-state index contributed by atoms with van der Waals surface area (Å²) in [4.78, 5) is 7.46. The van der Waals surface area contributed by atoms with Crippen LogP contribution in [0, 0.1) is 0 Å². The number of nitrogens with one attached hydrogen (secondary N) is 1. The molecule has 0 aromatic rings. The van der Waals surface area contributed by atoms with Gasteiger partial charge < -0.3 is 4.90 Å². The molecule has 1 atom stereocenters. The highest BCUT2D eigenvalue weighted by molar-refractivity contribution is 7.89. The van der Waals surface area contributed by atoms with Crippen molar-refractivity contribution < 1.29 is 8.42 Å². The molecule has 6 nitrogen and oxygen atoms in total. The van der Waals surface area contributed by atoms with Crippen LogP contribution >= 0.6 is 0 Å². The molecular formula is C15H32N4O2S. The maximum Gasteiger partial charge on any atom is 0.211 e. The van der Waals surface area contributed by atoms with Crippen LogP contribution in [0.3, 0.4) is 0 Å². The van der Waals surface area contributed by atoms with E-state index in [1.54, 1.807) is 6.92 Å². The van der Waals surface area contributed by atoms with Crippen molar-refractivity contribution in [1.29, 1.82) is 0 Å². The molecule has 0 radical (unpaired) electrons. The first-order valence-electron chi connectivity index (χ1n) is 8.55. The Bertz CT molecular complexity index is 435. The Kier molecular flexibility index (Phi) is 6.64. The fourth-order valence-corrected chi connectivity index (χ4v) is 4.19. The van der Waals surface area contributed by atoms with Gasteiger partial charge in [-0.1, -0.05) is 0 Å². The number of piperazine rings is 1. The van der Waals surface area contributed by atoms with Crippen LogP contribution in [-0.4, -0.2) is 93.8 Å². The lowest BCUT2D eigenvalue weighted by Crippen LogP contribution is -2.57. The number of hydrogen-bond donors (Lipinski definition) is 1. The summed E-state index contributed by atoms with van der Waals surface area (Å²) in [6.07, 6.45) is 2.55. The van der Waals surface area contributed by atoms with Crippen LogP contribution in [0.5, 0.6) is 0 Å². The minimum absolute atomic E-state index is 0.160. The molecule has 0 bridgehead atoms. The lowest BCUT2D eigenvalue weighted by molar-refractivity contribution is 0.0263. The van der Waals surface area contributed by atoms with E-state index in [9.17, 15) is 8.42 Å². The maximum absolute atomic E-state index is 11.4. The van der Waals surface area contributed by atoms with Crippen LogP contribution in [0.15, 0.2) is 0 Å². The van der Waals surface area contributed by atoms with E-state index in [2.05, 4.69) is 33.4 Å². The first-order chi connectivity index (χ1) is 10.4. The second kappa shape index (κ2) is 8.06. The lowest BCUT2D eigenvalue weighted by Gasteiger charge is -2.46. The van der Waals surface area contributed by atoms with Crippen molar-refractivity contribution in [2.75, 3.05) is 58.6 Å². The Morgan fingerprint density at radius 3 is 2.41 bits per heavy atom. The highest BCUT2D eigenvalue weighted by Gasteiger charge is 2.30.